The highest BCUT2D eigenvalue weighted by Crippen LogP contribution is 2.38. The molecule has 1 aliphatic carbocycles. The van der Waals surface area contributed by atoms with Crippen molar-refractivity contribution in [2.24, 2.45) is 0 Å². The number of anilines is 1. The molecule has 0 amide bonds. The molecule has 3 aliphatic rings. The Morgan fingerprint density at radius 3 is 2.73 bits per heavy atom. The van der Waals surface area contributed by atoms with Crippen molar-refractivity contribution in [2.75, 3.05) is 45.2 Å². The van der Waals surface area contributed by atoms with E-state index in [1.807, 2.05) is 4.52 Å². The van der Waals surface area contributed by atoms with Crippen LogP contribution < -0.4 is 4.90 Å². The van der Waals surface area contributed by atoms with E-state index in [1.165, 1.54) is 45.2 Å². The fourth-order valence-corrected chi connectivity index (χ4v) is 4.34. The van der Waals surface area contributed by atoms with Crippen LogP contribution in [0.2, 0.25) is 0 Å². The number of hydrogen-bond acceptors (Lipinski definition) is 6. The normalized spacial score (nSPS) is 25.2. The van der Waals surface area contributed by atoms with Gasteiger partial charge < -0.3 is 9.80 Å². The summed E-state index contributed by atoms with van der Waals surface area (Å²) in [5.74, 6) is 2.66. The maximum Gasteiger partial charge on any atom is 0.178 e. The topological polar surface area (TPSA) is 52.8 Å². The predicted molar refractivity (Wildman–Crippen MR) is 102 cm³/mol. The first-order valence-corrected chi connectivity index (χ1v) is 10.1. The van der Waals surface area contributed by atoms with Gasteiger partial charge in [0.1, 0.15) is 5.82 Å². The minimum Gasteiger partial charge on any atom is -0.352 e. The predicted octanol–water partition coefficient (Wildman–Crippen LogP) is 1.61. The molecule has 0 bridgehead atoms. The van der Waals surface area contributed by atoms with Crippen LogP contribution in [0.5, 0.6) is 0 Å². The summed E-state index contributed by atoms with van der Waals surface area (Å²) < 4.78 is 1.96. The Balaban J connectivity index is 1.22. The van der Waals surface area contributed by atoms with E-state index >= 15 is 0 Å². The van der Waals surface area contributed by atoms with Crippen LogP contribution in [0, 0.1) is 0 Å². The van der Waals surface area contributed by atoms with Gasteiger partial charge in [-0.2, -0.15) is 4.52 Å². The summed E-state index contributed by atoms with van der Waals surface area (Å²) in [6.07, 6.45) is 6.52. The number of piperidine rings is 1. The standard InChI is InChI=1S/C19H29N7/c1-23-10-4-3-5-15(23)11-24(2)16-12-25(13-16)18-9-8-17-20-21-19(14-6-7-14)26(17)22-18/h8-9,14-16H,3-7,10-13H2,1-2H3. The van der Waals surface area contributed by atoms with Crippen LogP contribution >= 0.6 is 0 Å². The van der Waals surface area contributed by atoms with Crippen molar-refractivity contribution in [3.05, 3.63) is 18.0 Å². The van der Waals surface area contributed by atoms with Crippen molar-refractivity contribution in [2.45, 2.75) is 50.1 Å². The largest absolute Gasteiger partial charge is 0.352 e. The molecule has 0 radical (unpaired) electrons. The van der Waals surface area contributed by atoms with E-state index in [4.69, 9.17) is 5.10 Å². The van der Waals surface area contributed by atoms with Gasteiger partial charge in [0.05, 0.1) is 0 Å². The Morgan fingerprint density at radius 2 is 1.96 bits per heavy atom. The van der Waals surface area contributed by atoms with Gasteiger partial charge in [-0.25, -0.2) is 0 Å². The Bertz CT molecular complexity index is 777. The maximum absolute atomic E-state index is 4.83. The van der Waals surface area contributed by atoms with Gasteiger partial charge in [-0.15, -0.1) is 15.3 Å². The Kier molecular flexibility index (Phi) is 4.09. The fraction of sp³-hybridized carbons (Fsp3) is 0.737. The van der Waals surface area contributed by atoms with E-state index in [9.17, 15) is 0 Å². The zero-order chi connectivity index (χ0) is 17.7. The molecule has 26 heavy (non-hydrogen) atoms. The smallest absolute Gasteiger partial charge is 0.178 e. The maximum atomic E-state index is 4.83. The third-order valence-electron chi connectivity index (χ3n) is 6.45. The molecular weight excluding hydrogens is 326 g/mol. The second kappa shape index (κ2) is 6.46. The van der Waals surface area contributed by atoms with Gasteiger partial charge in [0.15, 0.2) is 11.5 Å². The highest BCUT2D eigenvalue weighted by Gasteiger charge is 2.34. The molecule has 140 valence electrons. The number of likely N-dealkylation sites (N-methyl/N-ethyl adjacent to an activating group) is 2. The fourth-order valence-electron chi connectivity index (χ4n) is 4.34. The molecule has 7 nitrogen and oxygen atoms in total. The van der Waals surface area contributed by atoms with Gasteiger partial charge >= 0.3 is 0 Å². The molecule has 1 saturated carbocycles. The second-order valence-electron chi connectivity index (χ2n) is 8.42. The summed E-state index contributed by atoms with van der Waals surface area (Å²) in [5.41, 5.74) is 0.866. The minimum atomic E-state index is 0.565. The molecule has 4 heterocycles. The van der Waals surface area contributed by atoms with Crippen molar-refractivity contribution < 1.29 is 0 Å². The highest BCUT2D eigenvalue weighted by atomic mass is 15.4. The van der Waals surface area contributed by atoms with E-state index in [0.29, 0.717) is 12.0 Å². The quantitative estimate of drug-likeness (QED) is 0.812. The van der Waals surface area contributed by atoms with Gasteiger partial charge in [0.25, 0.3) is 0 Å². The van der Waals surface area contributed by atoms with Gasteiger partial charge in [0.2, 0.25) is 0 Å². The molecule has 2 aliphatic heterocycles. The van der Waals surface area contributed by atoms with Gasteiger partial charge in [-0.05, 0) is 58.5 Å². The zero-order valence-electron chi connectivity index (χ0n) is 15.9. The summed E-state index contributed by atoms with van der Waals surface area (Å²) in [6, 6.07) is 5.49. The number of fused-ring (bicyclic) bond motifs is 1. The number of hydrogen-bond donors (Lipinski definition) is 0. The molecule has 7 heteroatoms. The molecule has 2 aromatic heterocycles. The van der Waals surface area contributed by atoms with Gasteiger partial charge in [-0.3, -0.25) is 4.90 Å². The van der Waals surface area contributed by atoms with Crippen LogP contribution in [-0.4, -0.2) is 82.0 Å². The molecule has 5 rings (SSSR count). The van der Waals surface area contributed by atoms with E-state index in [-0.39, 0.29) is 0 Å². The highest BCUT2D eigenvalue weighted by molar-refractivity contribution is 5.48. The monoisotopic (exact) mass is 355 g/mol. The minimum absolute atomic E-state index is 0.565. The van der Waals surface area contributed by atoms with Crippen molar-refractivity contribution >= 4 is 11.5 Å². The summed E-state index contributed by atoms with van der Waals surface area (Å²) in [6.45, 7) is 4.55. The third-order valence-corrected chi connectivity index (χ3v) is 6.45. The van der Waals surface area contributed by atoms with Crippen LogP contribution in [0.1, 0.15) is 43.8 Å². The lowest BCUT2D eigenvalue weighted by atomic mass is 10.0. The van der Waals surface area contributed by atoms with Crippen molar-refractivity contribution in [3.63, 3.8) is 0 Å². The van der Waals surface area contributed by atoms with E-state index in [2.05, 4.69) is 51.1 Å². The first kappa shape index (κ1) is 16.4. The first-order valence-electron chi connectivity index (χ1n) is 10.1. The second-order valence-corrected chi connectivity index (χ2v) is 8.42. The lowest BCUT2D eigenvalue weighted by Gasteiger charge is -2.46. The molecule has 1 atom stereocenters. The molecule has 0 aromatic carbocycles. The molecule has 3 fully saturated rings. The van der Waals surface area contributed by atoms with Crippen molar-refractivity contribution in [3.8, 4) is 0 Å². The van der Waals surface area contributed by atoms with Gasteiger partial charge in [-0.1, -0.05) is 6.42 Å². The number of rotatable bonds is 5. The van der Waals surface area contributed by atoms with Crippen molar-refractivity contribution in [1.29, 1.82) is 0 Å². The lowest BCUT2D eigenvalue weighted by molar-refractivity contribution is 0.109. The lowest BCUT2D eigenvalue weighted by Crippen LogP contribution is -2.60. The number of nitrogens with zero attached hydrogens (tertiary/aromatic N) is 7. The molecule has 2 saturated heterocycles. The van der Waals surface area contributed by atoms with Crippen LogP contribution in [0.25, 0.3) is 5.65 Å². The van der Waals surface area contributed by atoms with Crippen LogP contribution in [0.3, 0.4) is 0 Å². The summed E-state index contributed by atoms with van der Waals surface area (Å²) in [5, 5.41) is 13.4. The average Bonchev–Trinajstić information content (AvgIpc) is 3.35. The first-order chi connectivity index (χ1) is 12.7. The van der Waals surface area contributed by atoms with E-state index in [0.717, 1.165) is 36.4 Å². The Hall–Kier alpha value is -1.73. The van der Waals surface area contributed by atoms with E-state index < -0.39 is 0 Å². The molecule has 0 spiro atoms. The molecule has 1 unspecified atom stereocenters. The van der Waals surface area contributed by atoms with Crippen LogP contribution in [0.15, 0.2) is 12.1 Å². The average molecular weight is 355 g/mol. The third kappa shape index (κ3) is 2.97. The van der Waals surface area contributed by atoms with Crippen LogP contribution in [0.4, 0.5) is 5.82 Å². The van der Waals surface area contributed by atoms with Crippen LogP contribution in [-0.2, 0) is 0 Å². The SMILES string of the molecule is CN1CCCCC1CN(C)C1CN(c2ccc3nnc(C4CC4)n3n2)C1. The molecule has 0 N–H and O–H groups in total. The van der Waals surface area contributed by atoms with Gasteiger partial charge in [0, 0.05) is 37.6 Å². The zero-order valence-corrected chi connectivity index (χ0v) is 15.9. The van der Waals surface area contributed by atoms with E-state index in [1.54, 1.807) is 0 Å². The Labute approximate surface area is 155 Å². The number of aromatic nitrogens is 4. The number of likely N-dealkylation sites (tertiary alicyclic amines) is 1. The summed E-state index contributed by atoms with van der Waals surface area (Å²) >= 11 is 0. The van der Waals surface area contributed by atoms with Crippen molar-refractivity contribution in [1.82, 2.24) is 29.6 Å². The molecule has 2 aromatic rings. The molecular formula is C19H29N7. The summed E-state index contributed by atoms with van der Waals surface area (Å²) in [4.78, 5) is 7.47. The summed E-state index contributed by atoms with van der Waals surface area (Å²) in [7, 11) is 4.56. The Morgan fingerprint density at radius 1 is 1.12 bits per heavy atom.